The maximum atomic E-state index is 11.4. The van der Waals surface area contributed by atoms with Gasteiger partial charge < -0.3 is 5.11 Å². The van der Waals surface area contributed by atoms with E-state index in [0.717, 1.165) is 4.31 Å². The fourth-order valence-corrected chi connectivity index (χ4v) is 3.04. The predicted molar refractivity (Wildman–Crippen MR) is 46.8 cm³/mol. The van der Waals surface area contributed by atoms with Crippen molar-refractivity contribution < 1.29 is 18.3 Å². The van der Waals surface area contributed by atoms with Gasteiger partial charge in [-0.05, 0) is 12.8 Å². The zero-order chi connectivity index (χ0) is 10.1. The molecule has 76 valence electrons. The van der Waals surface area contributed by atoms with Crippen LogP contribution < -0.4 is 0 Å². The zero-order valence-electron chi connectivity index (χ0n) is 7.43. The first-order valence-corrected chi connectivity index (χ1v) is 5.82. The second kappa shape index (κ2) is 3.63. The normalized spacial score (nSPS) is 23.9. The van der Waals surface area contributed by atoms with E-state index in [1.807, 2.05) is 0 Å². The molecule has 1 fully saturated rings. The van der Waals surface area contributed by atoms with Gasteiger partial charge in [0.15, 0.2) is 0 Å². The molecule has 1 aliphatic rings. The van der Waals surface area contributed by atoms with E-state index in [4.69, 9.17) is 5.11 Å². The number of nitrogens with zero attached hydrogens (tertiary/aromatic N) is 1. The molecular formula is C7H13NO4S. The molecule has 0 bridgehead atoms. The van der Waals surface area contributed by atoms with Crippen molar-refractivity contribution in [3.05, 3.63) is 0 Å². The Morgan fingerprint density at radius 2 is 2.23 bits per heavy atom. The molecule has 1 unspecified atom stereocenters. The van der Waals surface area contributed by atoms with Gasteiger partial charge in [-0.25, -0.2) is 8.42 Å². The summed E-state index contributed by atoms with van der Waals surface area (Å²) >= 11 is 0. The van der Waals surface area contributed by atoms with Gasteiger partial charge in [0.2, 0.25) is 10.0 Å². The maximum Gasteiger partial charge on any atom is 0.322 e. The second-order valence-electron chi connectivity index (χ2n) is 3.07. The Morgan fingerprint density at radius 3 is 2.54 bits per heavy atom. The van der Waals surface area contributed by atoms with Gasteiger partial charge in [-0.3, -0.25) is 4.79 Å². The third-order valence-corrected chi connectivity index (χ3v) is 4.15. The van der Waals surface area contributed by atoms with Crippen LogP contribution in [-0.2, 0) is 14.8 Å². The Balaban J connectivity index is 2.68. The minimum Gasteiger partial charge on any atom is -0.480 e. The van der Waals surface area contributed by atoms with Crippen LogP contribution in [0.15, 0.2) is 0 Å². The summed E-state index contributed by atoms with van der Waals surface area (Å²) in [6.07, 6.45) is 0.948. The largest absolute Gasteiger partial charge is 0.480 e. The molecule has 1 aliphatic heterocycles. The topological polar surface area (TPSA) is 74.7 Å². The fraction of sp³-hybridized carbons (Fsp3) is 0.857. The highest BCUT2D eigenvalue weighted by atomic mass is 32.2. The van der Waals surface area contributed by atoms with Crippen LogP contribution in [-0.4, -0.2) is 42.1 Å². The molecule has 5 nitrogen and oxygen atoms in total. The Morgan fingerprint density at radius 1 is 1.62 bits per heavy atom. The molecule has 1 rings (SSSR count). The minimum atomic E-state index is -3.32. The van der Waals surface area contributed by atoms with Crippen molar-refractivity contribution in [2.45, 2.75) is 25.8 Å². The maximum absolute atomic E-state index is 11.4. The average Bonchev–Trinajstić information content (AvgIpc) is 1.79. The third-order valence-electron chi connectivity index (χ3n) is 2.07. The van der Waals surface area contributed by atoms with E-state index in [2.05, 4.69) is 0 Å². The first kappa shape index (κ1) is 10.5. The second-order valence-corrected chi connectivity index (χ2v) is 5.11. The van der Waals surface area contributed by atoms with Crippen LogP contribution in [0.25, 0.3) is 0 Å². The van der Waals surface area contributed by atoms with Crippen LogP contribution in [0.1, 0.15) is 19.8 Å². The van der Waals surface area contributed by atoms with E-state index < -0.39 is 22.0 Å². The molecule has 0 aromatic rings. The molecule has 13 heavy (non-hydrogen) atoms. The van der Waals surface area contributed by atoms with Crippen molar-refractivity contribution >= 4 is 16.0 Å². The SMILES string of the molecule is CCCS(=O)(=O)N1CCC1C(=O)O. The lowest BCUT2D eigenvalue weighted by atomic mass is 10.1. The molecule has 0 aliphatic carbocycles. The summed E-state index contributed by atoms with van der Waals surface area (Å²) in [6.45, 7) is 2.10. The number of carbonyl (C=O) groups is 1. The third kappa shape index (κ3) is 2.00. The fourth-order valence-electron chi connectivity index (χ4n) is 1.32. The molecule has 1 N–H and O–H groups in total. The Kier molecular flexibility index (Phi) is 2.92. The molecule has 0 amide bonds. The molecule has 1 atom stereocenters. The van der Waals surface area contributed by atoms with Crippen molar-refractivity contribution in [1.29, 1.82) is 0 Å². The Hall–Kier alpha value is -0.620. The van der Waals surface area contributed by atoms with Gasteiger partial charge >= 0.3 is 5.97 Å². The summed E-state index contributed by atoms with van der Waals surface area (Å²) in [5.74, 6) is -1.01. The Labute approximate surface area is 77.4 Å². The van der Waals surface area contributed by atoms with Crippen molar-refractivity contribution in [3.8, 4) is 0 Å². The van der Waals surface area contributed by atoms with E-state index in [9.17, 15) is 13.2 Å². The Bertz CT molecular complexity index is 298. The van der Waals surface area contributed by atoms with E-state index in [1.54, 1.807) is 6.92 Å². The lowest BCUT2D eigenvalue weighted by Crippen LogP contribution is -2.55. The quantitative estimate of drug-likeness (QED) is 0.697. The van der Waals surface area contributed by atoms with Gasteiger partial charge in [-0.1, -0.05) is 6.92 Å². The summed E-state index contributed by atoms with van der Waals surface area (Å²) in [7, 11) is -3.32. The van der Waals surface area contributed by atoms with Crippen molar-refractivity contribution in [3.63, 3.8) is 0 Å². The molecule has 1 heterocycles. The predicted octanol–water partition coefficient (Wildman–Crippen LogP) is -0.115. The molecule has 0 saturated carbocycles. The highest BCUT2D eigenvalue weighted by Crippen LogP contribution is 2.22. The highest BCUT2D eigenvalue weighted by molar-refractivity contribution is 7.89. The monoisotopic (exact) mass is 207 g/mol. The summed E-state index contributed by atoms with van der Waals surface area (Å²) < 4.78 is 23.8. The summed E-state index contributed by atoms with van der Waals surface area (Å²) in [5, 5.41) is 8.63. The van der Waals surface area contributed by atoms with Gasteiger partial charge in [0.1, 0.15) is 6.04 Å². The molecule has 1 saturated heterocycles. The first-order chi connectivity index (χ1) is 5.99. The summed E-state index contributed by atoms with van der Waals surface area (Å²) in [5.41, 5.74) is 0. The number of aliphatic carboxylic acids is 1. The smallest absolute Gasteiger partial charge is 0.322 e. The van der Waals surface area contributed by atoms with Crippen molar-refractivity contribution in [2.24, 2.45) is 0 Å². The molecular weight excluding hydrogens is 194 g/mol. The van der Waals surface area contributed by atoms with Crippen LogP contribution in [0.5, 0.6) is 0 Å². The standard InChI is InChI=1S/C7H13NO4S/c1-2-5-13(11,12)8-4-3-6(8)7(9)10/h6H,2-5H2,1H3,(H,9,10). The van der Waals surface area contributed by atoms with E-state index in [-0.39, 0.29) is 5.75 Å². The van der Waals surface area contributed by atoms with E-state index >= 15 is 0 Å². The summed E-state index contributed by atoms with van der Waals surface area (Å²) in [6, 6.07) is -0.823. The lowest BCUT2D eigenvalue weighted by molar-refractivity contribution is -0.144. The van der Waals surface area contributed by atoms with E-state index in [1.165, 1.54) is 0 Å². The summed E-state index contributed by atoms with van der Waals surface area (Å²) in [4.78, 5) is 10.5. The number of carboxylic acid groups (broad SMARTS) is 1. The molecule has 0 aromatic carbocycles. The number of hydrogen-bond donors (Lipinski definition) is 1. The molecule has 6 heteroatoms. The molecule has 0 radical (unpaired) electrons. The number of carboxylic acids is 1. The first-order valence-electron chi connectivity index (χ1n) is 4.21. The van der Waals surface area contributed by atoms with Gasteiger partial charge in [0.05, 0.1) is 5.75 Å². The van der Waals surface area contributed by atoms with Gasteiger partial charge in [0.25, 0.3) is 0 Å². The van der Waals surface area contributed by atoms with Crippen molar-refractivity contribution in [2.75, 3.05) is 12.3 Å². The zero-order valence-corrected chi connectivity index (χ0v) is 8.25. The molecule has 0 spiro atoms. The van der Waals surface area contributed by atoms with Gasteiger partial charge in [-0.15, -0.1) is 0 Å². The van der Waals surface area contributed by atoms with Crippen LogP contribution in [0, 0.1) is 0 Å². The van der Waals surface area contributed by atoms with Crippen molar-refractivity contribution in [1.82, 2.24) is 4.31 Å². The molecule has 0 aromatic heterocycles. The number of hydrogen-bond acceptors (Lipinski definition) is 3. The highest BCUT2D eigenvalue weighted by Gasteiger charge is 2.41. The average molecular weight is 207 g/mol. The lowest BCUT2D eigenvalue weighted by Gasteiger charge is -2.36. The van der Waals surface area contributed by atoms with Crippen LogP contribution >= 0.6 is 0 Å². The van der Waals surface area contributed by atoms with Crippen LogP contribution in [0.2, 0.25) is 0 Å². The number of sulfonamides is 1. The minimum absolute atomic E-state index is 0.0385. The van der Waals surface area contributed by atoms with Gasteiger partial charge in [0, 0.05) is 6.54 Å². The van der Waals surface area contributed by atoms with E-state index in [0.29, 0.717) is 19.4 Å². The van der Waals surface area contributed by atoms with Gasteiger partial charge in [-0.2, -0.15) is 4.31 Å². The van der Waals surface area contributed by atoms with Crippen LogP contribution in [0.3, 0.4) is 0 Å². The number of rotatable bonds is 4. The van der Waals surface area contributed by atoms with Crippen LogP contribution in [0.4, 0.5) is 0 Å².